The fourth-order valence-electron chi connectivity index (χ4n) is 1.72. The number of aromatic nitrogens is 3. The van der Waals surface area contributed by atoms with Crippen molar-refractivity contribution in [2.24, 2.45) is 7.05 Å². The Hall–Kier alpha value is -1.62. The van der Waals surface area contributed by atoms with E-state index >= 15 is 0 Å². The summed E-state index contributed by atoms with van der Waals surface area (Å²) < 4.78 is 7.50. The highest BCUT2D eigenvalue weighted by atomic mass is 16.3. The minimum Gasteiger partial charge on any atom is -0.465 e. The van der Waals surface area contributed by atoms with Crippen LogP contribution in [0.5, 0.6) is 0 Å². The lowest BCUT2D eigenvalue weighted by Gasteiger charge is -2.10. The van der Waals surface area contributed by atoms with Crippen LogP contribution in [0.4, 0.5) is 0 Å². The molecule has 5 heteroatoms. The summed E-state index contributed by atoms with van der Waals surface area (Å²) in [6.45, 7) is 4.90. The Morgan fingerprint density at radius 3 is 2.88 bits per heavy atom. The number of rotatable bonds is 5. The molecule has 1 unspecified atom stereocenters. The summed E-state index contributed by atoms with van der Waals surface area (Å²) in [6, 6.07) is 4.21. The lowest BCUT2D eigenvalue weighted by molar-refractivity contribution is 0.416. The first-order valence-electron chi connectivity index (χ1n) is 5.79. The standard InChI is InChI=1S/C12H18N4O/c1-9-4-5-11(17-9)10(2)13-7-6-12-15-14-8-16(12)3/h4-5,8,10,13H,6-7H2,1-3H3. The zero-order valence-corrected chi connectivity index (χ0v) is 10.5. The van der Waals surface area contributed by atoms with Crippen LogP contribution in [0.1, 0.15) is 30.3 Å². The van der Waals surface area contributed by atoms with Crippen molar-refractivity contribution in [3.8, 4) is 0 Å². The summed E-state index contributed by atoms with van der Waals surface area (Å²) in [5.41, 5.74) is 0. The van der Waals surface area contributed by atoms with Gasteiger partial charge in [-0.2, -0.15) is 0 Å². The molecule has 1 N–H and O–H groups in total. The van der Waals surface area contributed by atoms with E-state index in [2.05, 4.69) is 22.4 Å². The van der Waals surface area contributed by atoms with E-state index < -0.39 is 0 Å². The highest BCUT2D eigenvalue weighted by Gasteiger charge is 2.09. The van der Waals surface area contributed by atoms with E-state index in [0.29, 0.717) is 0 Å². The van der Waals surface area contributed by atoms with E-state index in [1.165, 1.54) is 0 Å². The second kappa shape index (κ2) is 5.14. The second-order valence-corrected chi connectivity index (χ2v) is 4.23. The fraction of sp³-hybridized carbons (Fsp3) is 0.500. The van der Waals surface area contributed by atoms with Gasteiger partial charge >= 0.3 is 0 Å². The molecule has 2 heterocycles. The van der Waals surface area contributed by atoms with Gasteiger partial charge in [0.1, 0.15) is 23.7 Å². The Morgan fingerprint density at radius 1 is 1.47 bits per heavy atom. The summed E-state index contributed by atoms with van der Waals surface area (Å²) in [4.78, 5) is 0. The van der Waals surface area contributed by atoms with Gasteiger partial charge in [-0.05, 0) is 26.0 Å². The van der Waals surface area contributed by atoms with Crippen LogP contribution in [0.2, 0.25) is 0 Å². The largest absolute Gasteiger partial charge is 0.465 e. The zero-order chi connectivity index (χ0) is 12.3. The Morgan fingerprint density at radius 2 is 2.29 bits per heavy atom. The molecule has 1 atom stereocenters. The summed E-state index contributed by atoms with van der Waals surface area (Å²) in [7, 11) is 1.95. The van der Waals surface area contributed by atoms with E-state index in [4.69, 9.17) is 4.42 Å². The van der Waals surface area contributed by atoms with Gasteiger partial charge in [0.05, 0.1) is 6.04 Å². The summed E-state index contributed by atoms with van der Waals surface area (Å²) in [5.74, 6) is 2.91. The number of nitrogens with zero attached hydrogens (tertiary/aromatic N) is 3. The van der Waals surface area contributed by atoms with Gasteiger partial charge in [-0.25, -0.2) is 0 Å². The quantitative estimate of drug-likeness (QED) is 0.854. The van der Waals surface area contributed by atoms with Gasteiger partial charge in [-0.15, -0.1) is 10.2 Å². The van der Waals surface area contributed by atoms with Crippen LogP contribution >= 0.6 is 0 Å². The van der Waals surface area contributed by atoms with E-state index in [9.17, 15) is 0 Å². The third kappa shape index (κ3) is 2.94. The van der Waals surface area contributed by atoms with Crippen molar-refractivity contribution in [2.45, 2.75) is 26.3 Å². The molecule has 0 saturated carbocycles. The number of nitrogens with one attached hydrogen (secondary N) is 1. The number of hydrogen-bond acceptors (Lipinski definition) is 4. The van der Waals surface area contributed by atoms with E-state index in [0.717, 1.165) is 30.3 Å². The molecule has 5 nitrogen and oxygen atoms in total. The number of furan rings is 1. The molecule has 2 rings (SSSR count). The molecule has 0 amide bonds. The predicted octanol–water partition coefficient (Wildman–Crippen LogP) is 1.61. The SMILES string of the molecule is Cc1ccc(C(C)NCCc2nncn2C)o1. The molecule has 0 saturated heterocycles. The molecule has 92 valence electrons. The summed E-state index contributed by atoms with van der Waals surface area (Å²) >= 11 is 0. The van der Waals surface area contributed by atoms with Crippen LogP contribution in [0.15, 0.2) is 22.9 Å². The van der Waals surface area contributed by atoms with Crippen LogP contribution in [0.25, 0.3) is 0 Å². The monoisotopic (exact) mass is 234 g/mol. The van der Waals surface area contributed by atoms with Crippen molar-refractivity contribution < 1.29 is 4.42 Å². The lowest BCUT2D eigenvalue weighted by atomic mass is 10.2. The van der Waals surface area contributed by atoms with Gasteiger partial charge in [0.25, 0.3) is 0 Å². The Bertz CT molecular complexity index is 474. The molecule has 2 aromatic rings. The molecule has 2 aromatic heterocycles. The van der Waals surface area contributed by atoms with E-state index in [-0.39, 0.29) is 6.04 Å². The molecule has 0 aliphatic rings. The fourth-order valence-corrected chi connectivity index (χ4v) is 1.72. The topological polar surface area (TPSA) is 55.9 Å². The third-order valence-electron chi connectivity index (χ3n) is 2.79. The van der Waals surface area contributed by atoms with Crippen molar-refractivity contribution in [3.63, 3.8) is 0 Å². The van der Waals surface area contributed by atoms with Gasteiger partial charge in [-0.1, -0.05) is 0 Å². The van der Waals surface area contributed by atoms with E-state index in [1.54, 1.807) is 6.33 Å². The van der Waals surface area contributed by atoms with Crippen LogP contribution in [0.3, 0.4) is 0 Å². The Kier molecular flexibility index (Phi) is 3.58. The maximum atomic E-state index is 5.56. The van der Waals surface area contributed by atoms with Gasteiger partial charge in [0, 0.05) is 20.0 Å². The molecule has 0 aliphatic carbocycles. The Labute approximate surface area is 101 Å². The summed E-state index contributed by atoms with van der Waals surface area (Å²) in [5, 5.41) is 11.3. The molecule has 0 spiro atoms. The van der Waals surface area contributed by atoms with Crippen LogP contribution in [-0.2, 0) is 13.5 Å². The van der Waals surface area contributed by atoms with Crippen molar-refractivity contribution in [1.82, 2.24) is 20.1 Å². The first-order chi connectivity index (χ1) is 8.16. The first kappa shape index (κ1) is 11.9. The molecule has 0 fully saturated rings. The first-order valence-corrected chi connectivity index (χ1v) is 5.79. The lowest BCUT2D eigenvalue weighted by Crippen LogP contribution is -2.22. The highest BCUT2D eigenvalue weighted by Crippen LogP contribution is 2.15. The number of hydrogen-bond donors (Lipinski definition) is 1. The average molecular weight is 234 g/mol. The minimum atomic E-state index is 0.219. The van der Waals surface area contributed by atoms with Gasteiger partial charge < -0.3 is 14.3 Å². The van der Waals surface area contributed by atoms with Crippen LogP contribution in [0, 0.1) is 6.92 Å². The maximum Gasteiger partial charge on any atom is 0.133 e. The van der Waals surface area contributed by atoms with E-state index in [1.807, 2.05) is 30.7 Å². The molecule has 17 heavy (non-hydrogen) atoms. The summed E-state index contributed by atoms with van der Waals surface area (Å²) in [6.07, 6.45) is 2.58. The normalized spacial score (nSPS) is 12.9. The molecule has 0 radical (unpaired) electrons. The molecule has 0 aliphatic heterocycles. The zero-order valence-electron chi connectivity index (χ0n) is 10.5. The predicted molar refractivity (Wildman–Crippen MR) is 64.6 cm³/mol. The maximum absolute atomic E-state index is 5.56. The smallest absolute Gasteiger partial charge is 0.133 e. The van der Waals surface area contributed by atoms with Gasteiger partial charge in [0.15, 0.2) is 0 Å². The molecular formula is C12H18N4O. The molecule has 0 aromatic carbocycles. The molecular weight excluding hydrogens is 216 g/mol. The van der Waals surface area contributed by atoms with Crippen molar-refractivity contribution >= 4 is 0 Å². The number of aryl methyl sites for hydroxylation is 2. The van der Waals surface area contributed by atoms with Crippen molar-refractivity contribution in [2.75, 3.05) is 6.54 Å². The van der Waals surface area contributed by atoms with Crippen molar-refractivity contribution in [3.05, 3.63) is 35.8 Å². The third-order valence-corrected chi connectivity index (χ3v) is 2.79. The average Bonchev–Trinajstić information content (AvgIpc) is 2.88. The molecule has 0 bridgehead atoms. The van der Waals surface area contributed by atoms with Crippen molar-refractivity contribution in [1.29, 1.82) is 0 Å². The van der Waals surface area contributed by atoms with Crippen LogP contribution < -0.4 is 5.32 Å². The Balaban J connectivity index is 1.81. The van der Waals surface area contributed by atoms with Gasteiger partial charge in [0.2, 0.25) is 0 Å². The van der Waals surface area contributed by atoms with Crippen LogP contribution in [-0.4, -0.2) is 21.3 Å². The van der Waals surface area contributed by atoms with Gasteiger partial charge in [-0.3, -0.25) is 0 Å². The highest BCUT2D eigenvalue weighted by molar-refractivity contribution is 5.08. The second-order valence-electron chi connectivity index (χ2n) is 4.23. The minimum absolute atomic E-state index is 0.219.